The van der Waals surface area contributed by atoms with Gasteiger partial charge >= 0.3 is 0 Å². The number of thiophene rings is 1. The van der Waals surface area contributed by atoms with Crippen LogP contribution in [0, 0.1) is 0 Å². The molecule has 11 heavy (non-hydrogen) atoms. The molecule has 0 aromatic carbocycles. The molecular formula is C8H14N2S. The van der Waals surface area contributed by atoms with E-state index < -0.39 is 0 Å². The van der Waals surface area contributed by atoms with Crippen molar-refractivity contribution in [2.75, 3.05) is 17.7 Å². The standard InChI is InChI=1S/C8H14N2S/c1-6(2)10-8-5-11-4-7(8)9-3/h4-6,9-10H,1-3H3. The summed E-state index contributed by atoms with van der Waals surface area (Å²) in [5.41, 5.74) is 2.39. The van der Waals surface area contributed by atoms with Crippen molar-refractivity contribution in [2.45, 2.75) is 19.9 Å². The van der Waals surface area contributed by atoms with Crippen molar-refractivity contribution < 1.29 is 0 Å². The maximum atomic E-state index is 3.35. The topological polar surface area (TPSA) is 24.1 Å². The van der Waals surface area contributed by atoms with Crippen molar-refractivity contribution in [1.29, 1.82) is 0 Å². The van der Waals surface area contributed by atoms with Crippen molar-refractivity contribution in [3.8, 4) is 0 Å². The molecule has 0 aliphatic rings. The summed E-state index contributed by atoms with van der Waals surface area (Å²) in [4.78, 5) is 0. The average molecular weight is 170 g/mol. The fourth-order valence-corrected chi connectivity index (χ4v) is 1.69. The number of hydrogen-bond donors (Lipinski definition) is 2. The number of anilines is 2. The van der Waals surface area contributed by atoms with Crippen molar-refractivity contribution in [3.63, 3.8) is 0 Å². The molecule has 2 N–H and O–H groups in total. The van der Waals surface area contributed by atoms with Gasteiger partial charge in [0.2, 0.25) is 0 Å². The Bertz CT molecular complexity index is 218. The summed E-state index contributed by atoms with van der Waals surface area (Å²) >= 11 is 1.71. The maximum Gasteiger partial charge on any atom is 0.0686 e. The summed E-state index contributed by atoms with van der Waals surface area (Å²) in [6.45, 7) is 4.27. The van der Waals surface area contributed by atoms with Gasteiger partial charge in [-0.3, -0.25) is 0 Å². The molecule has 0 saturated carbocycles. The van der Waals surface area contributed by atoms with E-state index in [0.29, 0.717) is 6.04 Å². The number of hydrogen-bond acceptors (Lipinski definition) is 3. The van der Waals surface area contributed by atoms with Crippen LogP contribution in [-0.4, -0.2) is 13.1 Å². The summed E-state index contributed by atoms with van der Waals surface area (Å²) in [5.74, 6) is 0. The van der Waals surface area contributed by atoms with Gasteiger partial charge in [-0.15, -0.1) is 11.3 Å². The Labute approximate surface area is 71.6 Å². The predicted molar refractivity (Wildman–Crippen MR) is 52.6 cm³/mol. The lowest BCUT2D eigenvalue weighted by Gasteiger charge is -2.09. The van der Waals surface area contributed by atoms with E-state index in [9.17, 15) is 0 Å². The Morgan fingerprint density at radius 1 is 1.27 bits per heavy atom. The highest BCUT2D eigenvalue weighted by Gasteiger charge is 2.01. The quantitative estimate of drug-likeness (QED) is 0.728. The monoisotopic (exact) mass is 170 g/mol. The van der Waals surface area contributed by atoms with E-state index in [1.807, 2.05) is 7.05 Å². The molecule has 2 nitrogen and oxygen atoms in total. The van der Waals surface area contributed by atoms with E-state index >= 15 is 0 Å². The maximum absolute atomic E-state index is 3.35. The van der Waals surface area contributed by atoms with E-state index in [2.05, 4.69) is 35.2 Å². The molecular weight excluding hydrogens is 156 g/mol. The lowest BCUT2D eigenvalue weighted by atomic mass is 10.3. The molecule has 1 aromatic rings. The van der Waals surface area contributed by atoms with Crippen molar-refractivity contribution in [3.05, 3.63) is 10.8 Å². The summed E-state index contributed by atoms with van der Waals surface area (Å²) < 4.78 is 0. The second kappa shape index (κ2) is 3.62. The molecule has 0 unspecified atom stereocenters. The molecule has 3 heteroatoms. The molecule has 0 aliphatic carbocycles. The van der Waals surface area contributed by atoms with Crippen molar-refractivity contribution in [1.82, 2.24) is 0 Å². The number of rotatable bonds is 3. The van der Waals surface area contributed by atoms with Crippen LogP contribution in [0.15, 0.2) is 10.8 Å². The van der Waals surface area contributed by atoms with Crippen LogP contribution in [0.25, 0.3) is 0 Å². The smallest absolute Gasteiger partial charge is 0.0686 e. The van der Waals surface area contributed by atoms with Crippen LogP contribution in [0.1, 0.15) is 13.8 Å². The van der Waals surface area contributed by atoms with Crippen LogP contribution >= 0.6 is 11.3 Å². The highest BCUT2D eigenvalue weighted by molar-refractivity contribution is 7.08. The van der Waals surface area contributed by atoms with Gasteiger partial charge in [0.25, 0.3) is 0 Å². The lowest BCUT2D eigenvalue weighted by molar-refractivity contribution is 0.901. The van der Waals surface area contributed by atoms with Gasteiger partial charge in [-0.05, 0) is 13.8 Å². The third-order valence-corrected chi connectivity index (χ3v) is 2.12. The Kier molecular flexibility index (Phi) is 2.76. The summed E-state index contributed by atoms with van der Waals surface area (Å²) in [6, 6.07) is 0.497. The third kappa shape index (κ3) is 2.12. The minimum Gasteiger partial charge on any atom is -0.386 e. The normalized spacial score (nSPS) is 10.2. The Morgan fingerprint density at radius 3 is 2.45 bits per heavy atom. The van der Waals surface area contributed by atoms with Gasteiger partial charge in [0, 0.05) is 23.8 Å². The molecule has 62 valence electrons. The first-order valence-corrected chi connectivity index (χ1v) is 4.68. The molecule has 0 amide bonds. The summed E-state index contributed by atoms with van der Waals surface area (Å²) in [7, 11) is 1.94. The van der Waals surface area contributed by atoms with Gasteiger partial charge < -0.3 is 10.6 Å². The molecule has 0 radical (unpaired) electrons. The highest BCUT2D eigenvalue weighted by atomic mass is 32.1. The zero-order valence-corrected chi connectivity index (χ0v) is 7.96. The van der Waals surface area contributed by atoms with E-state index in [-0.39, 0.29) is 0 Å². The molecule has 0 aliphatic heterocycles. The Morgan fingerprint density at radius 2 is 1.91 bits per heavy atom. The van der Waals surface area contributed by atoms with E-state index in [1.54, 1.807) is 11.3 Å². The number of nitrogens with one attached hydrogen (secondary N) is 2. The lowest BCUT2D eigenvalue weighted by Crippen LogP contribution is -2.09. The molecule has 1 heterocycles. The zero-order valence-electron chi connectivity index (χ0n) is 7.14. The van der Waals surface area contributed by atoms with Crippen LogP contribution in [0.4, 0.5) is 11.4 Å². The molecule has 0 bridgehead atoms. The van der Waals surface area contributed by atoms with E-state index in [1.165, 1.54) is 11.4 Å². The Hall–Kier alpha value is -0.700. The Balaban J connectivity index is 2.68. The van der Waals surface area contributed by atoms with Gasteiger partial charge in [-0.2, -0.15) is 0 Å². The minimum absolute atomic E-state index is 0.497. The van der Waals surface area contributed by atoms with Gasteiger partial charge in [0.1, 0.15) is 0 Å². The van der Waals surface area contributed by atoms with Crippen molar-refractivity contribution >= 4 is 22.7 Å². The first kappa shape index (κ1) is 8.40. The first-order valence-electron chi connectivity index (χ1n) is 3.74. The van der Waals surface area contributed by atoms with Crippen molar-refractivity contribution in [2.24, 2.45) is 0 Å². The SMILES string of the molecule is CNc1cscc1NC(C)C. The van der Waals surface area contributed by atoms with Crippen LogP contribution < -0.4 is 10.6 Å². The third-order valence-electron chi connectivity index (χ3n) is 1.38. The van der Waals surface area contributed by atoms with E-state index in [4.69, 9.17) is 0 Å². The zero-order chi connectivity index (χ0) is 8.27. The minimum atomic E-state index is 0.497. The molecule has 0 fully saturated rings. The largest absolute Gasteiger partial charge is 0.386 e. The van der Waals surface area contributed by atoms with Gasteiger partial charge in [-0.25, -0.2) is 0 Å². The summed E-state index contributed by atoms with van der Waals surface area (Å²) in [6.07, 6.45) is 0. The van der Waals surface area contributed by atoms with Crippen LogP contribution in [0.3, 0.4) is 0 Å². The van der Waals surface area contributed by atoms with Crippen LogP contribution in [-0.2, 0) is 0 Å². The first-order chi connectivity index (χ1) is 5.24. The molecule has 1 aromatic heterocycles. The molecule has 0 spiro atoms. The predicted octanol–water partition coefficient (Wildman–Crippen LogP) is 2.61. The van der Waals surface area contributed by atoms with Crippen LogP contribution in [0.5, 0.6) is 0 Å². The average Bonchev–Trinajstić information content (AvgIpc) is 2.34. The molecule has 1 rings (SSSR count). The second-order valence-electron chi connectivity index (χ2n) is 2.75. The van der Waals surface area contributed by atoms with Gasteiger partial charge in [0.05, 0.1) is 11.4 Å². The van der Waals surface area contributed by atoms with Gasteiger partial charge in [-0.1, -0.05) is 0 Å². The molecule has 0 atom stereocenters. The fraction of sp³-hybridized carbons (Fsp3) is 0.500. The van der Waals surface area contributed by atoms with E-state index in [0.717, 1.165) is 0 Å². The second-order valence-corrected chi connectivity index (χ2v) is 3.49. The van der Waals surface area contributed by atoms with Crippen LogP contribution in [0.2, 0.25) is 0 Å². The fourth-order valence-electron chi connectivity index (χ4n) is 0.913. The van der Waals surface area contributed by atoms with Gasteiger partial charge in [0.15, 0.2) is 0 Å². The highest BCUT2D eigenvalue weighted by Crippen LogP contribution is 2.26. The summed E-state index contributed by atoms with van der Waals surface area (Å²) in [5, 5.41) is 10.7. The molecule has 0 saturated heterocycles.